The van der Waals surface area contributed by atoms with Gasteiger partial charge in [0.05, 0.1) is 15.8 Å². The Hall–Kier alpha value is -2.68. The summed E-state index contributed by atoms with van der Waals surface area (Å²) in [6.07, 6.45) is 0. The maximum Gasteiger partial charge on any atom is 0.102 e. The Labute approximate surface area is 265 Å². The zero-order chi connectivity index (χ0) is 25.8. The molecule has 0 saturated carbocycles. The normalized spacial score (nSPS) is 10.1. The molecule has 0 aliphatic rings. The van der Waals surface area contributed by atoms with Crippen molar-refractivity contribution in [3.05, 3.63) is 182 Å². The SMILES string of the molecule is Br.[Pd].c1ccc([PH+](c2ccccc2)c2ccccc2)cc1.c1ccc([PH+](c2ccccc2)c2ccccc2)cc1. The van der Waals surface area contributed by atoms with Gasteiger partial charge in [0, 0.05) is 20.4 Å². The molecule has 0 aliphatic heterocycles. The minimum Gasteiger partial charge on any atom is -0.114 e. The van der Waals surface area contributed by atoms with Crippen molar-refractivity contribution in [3.8, 4) is 0 Å². The van der Waals surface area contributed by atoms with Crippen LogP contribution in [-0.4, -0.2) is 0 Å². The van der Waals surface area contributed by atoms with Crippen molar-refractivity contribution < 1.29 is 20.4 Å². The minimum absolute atomic E-state index is 0. The fraction of sp³-hybridized carbons (Fsp3) is 0. The van der Waals surface area contributed by atoms with Gasteiger partial charge in [-0.15, -0.1) is 17.0 Å². The van der Waals surface area contributed by atoms with Crippen LogP contribution in [0.1, 0.15) is 0 Å². The molecule has 0 radical (unpaired) electrons. The molecule has 0 saturated heterocycles. The van der Waals surface area contributed by atoms with Gasteiger partial charge in [-0.1, -0.05) is 109 Å². The zero-order valence-electron chi connectivity index (χ0n) is 22.0. The van der Waals surface area contributed by atoms with Crippen molar-refractivity contribution in [2.45, 2.75) is 0 Å². The van der Waals surface area contributed by atoms with Crippen LogP contribution >= 0.6 is 32.8 Å². The average molecular weight is 714 g/mol. The molecule has 0 aliphatic carbocycles. The molecule has 202 valence electrons. The topological polar surface area (TPSA) is 0 Å². The predicted molar refractivity (Wildman–Crippen MR) is 183 cm³/mol. The Morgan fingerprint density at radius 3 is 0.475 bits per heavy atom. The largest absolute Gasteiger partial charge is 0.114 e. The summed E-state index contributed by atoms with van der Waals surface area (Å²) in [6.45, 7) is 0. The summed E-state index contributed by atoms with van der Waals surface area (Å²) in [5, 5.41) is 8.61. The van der Waals surface area contributed by atoms with Crippen LogP contribution in [-0.2, 0) is 20.4 Å². The fourth-order valence-electron chi connectivity index (χ4n) is 4.63. The van der Waals surface area contributed by atoms with Crippen LogP contribution in [0.4, 0.5) is 0 Å². The van der Waals surface area contributed by atoms with Crippen LogP contribution < -0.4 is 31.8 Å². The Morgan fingerprint density at radius 2 is 0.350 bits per heavy atom. The molecule has 6 aromatic rings. The third-order valence-electron chi connectivity index (χ3n) is 6.37. The van der Waals surface area contributed by atoms with Crippen LogP contribution in [0.25, 0.3) is 0 Å². The second-order valence-corrected chi connectivity index (χ2v) is 13.9. The molecule has 0 N–H and O–H groups in total. The molecular weight excluding hydrogens is 681 g/mol. The molecule has 0 nitrogen and oxygen atoms in total. The smallest absolute Gasteiger partial charge is 0.102 e. The summed E-state index contributed by atoms with van der Waals surface area (Å²) >= 11 is 0. The summed E-state index contributed by atoms with van der Waals surface area (Å²) in [4.78, 5) is 0. The van der Waals surface area contributed by atoms with Gasteiger partial charge in [-0.05, 0) is 72.8 Å². The fourth-order valence-corrected chi connectivity index (χ4v) is 9.78. The van der Waals surface area contributed by atoms with E-state index in [1.54, 1.807) is 0 Å². The first kappa shape index (κ1) is 31.8. The number of rotatable bonds is 6. The summed E-state index contributed by atoms with van der Waals surface area (Å²) in [7, 11) is -1.75. The van der Waals surface area contributed by atoms with Crippen LogP contribution in [0.3, 0.4) is 0 Å². The summed E-state index contributed by atoms with van der Waals surface area (Å²) in [5.41, 5.74) is 0. The zero-order valence-corrected chi connectivity index (χ0v) is 27.3. The van der Waals surface area contributed by atoms with Gasteiger partial charge in [0.25, 0.3) is 0 Å². The first-order valence-electron chi connectivity index (χ1n) is 13.0. The van der Waals surface area contributed by atoms with E-state index in [0.29, 0.717) is 0 Å². The van der Waals surface area contributed by atoms with E-state index in [1.807, 2.05) is 0 Å². The molecule has 6 rings (SSSR count). The molecule has 0 amide bonds. The molecule has 6 aromatic carbocycles. The molecule has 0 unspecified atom stereocenters. The van der Waals surface area contributed by atoms with Crippen molar-refractivity contribution in [2.24, 2.45) is 0 Å². The predicted octanol–water partition coefficient (Wildman–Crippen LogP) is 6.93. The van der Waals surface area contributed by atoms with Crippen molar-refractivity contribution in [1.29, 1.82) is 0 Å². The van der Waals surface area contributed by atoms with E-state index in [-0.39, 0.29) is 37.4 Å². The van der Waals surface area contributed by atoms with Gasteiger partial charge in [0.1, 0.15) is 31.8 Å². The first-order valence-corrected chi connectivity index (χ1v) is 16.0. The average Bonchev–Trinajstić information content (AvgIpc) is 3.01. The van der Waals surface area contributed by atoms with Crippen molar-refractivity contribution in [3.63, 3.8) is 0 Å². The molecule has 4 heteroatoms. The second-order valence-electron chi connectivity index (χ2n) is 8.95. The Kier molecular flexibility index (Phi) is 13.7. The maximum absolute atomic E-state index is 2.24. The van der Waals surface area contributed by atoms with Gasteiger partial charge in [-0.2, -0.15) is 0 Å². The van der Waals surface area contributed by atoms with Gasteiger partial charge in [0.2, 0.25) is 0 Å². The summed E-state index contributed by atoms with van der Waals surface area (Å²) < 4.78 is 0. The Bertz CT molecular complexity index is 1180. The molecule has 0 fully saturated rings. The van der Waals surface area contributed by atoms with Gasteiger partial charge in [0.15, 0.2) is 0 Å². The second kappa shape index (κ2) is 17.2. The van der Waals surface area contributed by atoms with E-state index in [0.717, 1.165) is 0 Å². The maximum atomic E-state index is 2.24. The third kappa shape index (κ3) is 8.66. The van der Waals surface area contributed by atoms with Crippen LogP contribution in [0, 0.1) is 0 Å². The first-order chi connectivity index (χ1) is 18.9. The third-order valence-corrected chi connectivity index (χ3v) is 11.8. The number of halogens is 1. The standard InChI is InChI=1S/2C18H15P.BrH.Pd/c2*1-4-10-16(11-5-1)19(17-12-6-2-7-13-17)18-14-8-3-9-15-18;;/h2*1-15H;1H;/p+2. The monoisotopic (exact) mass is 712 g/mol. The van der Waals surface area contributed by atoms with Crippen molar-refractivity contribution in [2.75, 3.05) is 0 Å². The number of hydrogen-bond acceptors (Lipinski definition) is 0. The molecule has 40 heavy (non-hydrogen) atoms. The van der Waals surface area contributed by atoms with E-state index >= 15 is 0 Å². The molecule has 0 spiro atoms. The van der Waals surface area contributed by atoms with Gasteiger partial charge in [-0.25, -0.2) is 0 Å². The van der Waals surface area contributed by atoms with Crippen molar-refractivity contribution >= 4 is 64.7 Å². The molecular formula is C36H33BrP2Pd+2. The van der Waals surface area contributed by atoms with E-state index in [1.165, 1.54) is 31.8 Å². The van der Waals surface area contributed by atoms with E-state index < -0.39 is 15.8 Å². The molecule has 0 aromatic heterocycles. The van der Waals surface area contributed by atoms with Crippen LogP contribution in [0.2, 0.25) is 0 Å². The van der Waals surface area contributed by atoms with E-state index in [2.05, 4.69) is 182 Å². The Morgan fingerprint density at radius 1 is 0.225 bits per heavy atom. The molecule has 0 bridgehead atoms. The molecule has 0 atom stereocenters. The van der Waals surface area contributed by atoms with Crippen molar-refractivity contribution in [1.82, 2.24) is 0 Å². The number of benzene rings is 6. The van der Waals surface area contributed by atoms with Crippen LogP contribution in [0.5, 0.6) is 0 Å². The molecule has 0 heterocycles. The minimum atomic E-state index is -0.877. The van der Waals surface area contributed by atoms with Gasteiger partial charge in [-0.3, -0.25) is 0 Å². The van der Waals surface area contributed by atoms with Gasteiger partial charge >= 0.3 is 0 Å². The Balaban J connectivity index is 0.000000210. The number of hydrogen-bond donors (Lipinski definition) is 0. The van der Waals surface area contributed by atoms with Crippen LogP contribution in [0.15, 0.2) is 182 Å². The summed E-state index contributed by atoms with van der Waals surface area (Å²) in [6, 6.07) is 65.0. The quantitative estimate of drug-likeness (QED) is 0.130. The van der Waals surface area contributed by atoms with E-state index in [4.69, 9.17) is 0 Å². The van der Waals surface area contributed by atoms with E-state index in [9.17, 15) is 0 Å². The van der Waals surface area contributed by atoms with Gasteiger partial charge < -0.3 is 0 Å². The summed E-state index contributed by atoms with van der Waals surface area (Å²) in [5.74, 6) is 0.